The predicted octanol–water partition coefficient (Wildman–Crippen LogP) is 3.29. The monoisotopic (exact) mass is 362 g/mol. The summed E-state index contributed by atoms with van der Waals surface area (Å²) in [5.41, 5.74) is 1.46. The van der Waals surface area contributed by atoms with Crippen molar-refractivity contribution in [2.45, 2.75) is 44.8 Å². The average Bonchev–Trinajstić information content (AvgIpc) is 3.05. The third kappa shape index (κ3) is 2.99. The molecule has 2 atom stereocenters. The Morgan fingerprint density at radius 2 is 1.92 bits per heavy atom. The lowest BCUT2D eigenvalue weighted by Gasteiger charge is -2.37. The summed E-state index contributed by atoms with van der Waals surface area (Å²) in [5.74, 6) is -0.352. The fraction of sp³-hybridized carbons (Fsp3) is 0.579. The minimum absolute atomic E-state index is 0.0409. The van der Waals surface area contributed by atoms with Crippen LogP contribution in [0.3, 0.4) is 0 Å². The summed E-state index contributed by atoms with van der Waals surface area (Å²) in [6.07, 6.45) is 2.27. The lowest BCUT2D eigenvalue weighted by Crippen LogP contribution is -2.46. The molecule has 0 N–H and O–H groups in total. The van der Waals surface area contributed by atoms with Gasteiger partial charge < -0.3 is 18.9 Å². The molecule has 0 saturated carbocycles. The van der Waals surface area contributed by atoms with Gasteiger partial charge in [0.05, 0.1) is 23.6 Å². The van der Waals surface area contributed by atoms with Crippen LogP contribution in [0.25, 0.3) is 11.0 Å². The maximum atomic E-state index is 15.3. The second kappa shape index (κ2) is 6.96. The topological polar surface area (TPSA) is 64.8 Å². The first-order chi connectivity index (χ1) is 12.6. The van der Waals surface area contributed by atoms with E-state index in [0.717, 1.165) is 18.5 Å². The van der Waals surface area contributed by atoms with Crippen LogP contribution in [0.15, 0.2) is 10.6 Å². The van der Waals surface area contributed by atoms with Crippen LogP contribution in [0.2, 0.25) is 0 Å². The van der Waals surface area contributed by atoms with Crippen molar-refractivity contribution in [3.63, 3.8) is 0 Å². The zero-order valence-electron chi connectivity index (χ0n) is 15.0. The Bertz CT molecular complexity index is 805. The Labute approximate surface area is 151 Å². The molecule has 2 fully saturated rings. The molecule has 0 radical (unpaired) electrons. The molecule has 0 unspecified atom stereocenters. The Hall–Kier alpha value is -1.99. The Morgan fingerprint density at radius 1 is 1.23 bits per heavy atom. The fourth-order valence-electron chi connectivity index (χ4n) is 4.10. The van der Waals surface area contributed by atoms with Crippen molar-refractivity contribution in [1.82, 2.24) is 5.16 Å². The third-order valence-corrected chi connectivity index (χ3v) is 5.21. The van der Waals surface area contributed by atoms with Crippen LogP contribution in [0.1, 0.15) is 48.7 Å². The van der Waals surface area contributed by atoms with Gasteiger partial charge in [-0.25, -0.2) is 4.39 Å². The van der Waals surface area contributed by atoms with Crippen molar-refractivity contribution in [3.8, 4) is 0 Å². The van der Waals surface area contributed by atoms with Crippen molar-refractivity contribution < 1.29 is 23.2 Å². The van der Waals surface area contributed by atoms with E-state index in [4.69, 9.17) is 14.0 Å². The summed E-state index contributed by atoms with van der Waals surface area (Å²) >= 11 is 0. The molecule has 1 aromatic heterocycles. The molecule has 6 nitrogen and oxygen atoms in total. The molecule has 26 heavy (non-hydrogen) atoms. The number of ether oxygens (including phenoxy) is 2. The summed E-state index contributed by atoms with van der Waals surface area (Å²) in [7, 11) is 0. The summed E-state index contributed by atoms with van der Waals surface area (Å²) < 4.78 is 31.8. The number of morpholine rings is 1. The Balaban J connectivity index is 1.79. The average molecular weight is 362 g/mol. The summed E-state index contributed by atoms with van der Waals surface area (Å²) in [6.45, 7) is 6.24. The molecular weight excluding hydrogens is 339 g/mol. The van der Waals surface area contributed by atoms with Crippen molar-refractivity contribution in [2.75, 3.05) is 31.2 Å². The second-order valence-corrected chi connectivity index (χ2v) is 7.24. The minimum atomic E-state index is -0.517. The predicted molar refractivity (Wildman–Crippen MR) is 94.4 cm³/mol. The van der Waals surface area contributed by atoms with E-state index in [1.54, 1.807) is 6.07 Å². The zero-order valence-corrected chi connectivity index (χ0v) is 15.0. The van der Waals surface area contributed by atoms with Crippen LogP contribution in [-0.4, -0.2) is 50.0 Å². The number of aldehydes is 1. The molecule has 2 aromatic rings. The number of rotatable bonds is 3. The van der Waals surface area contributed by atoms with Gasteiger partial charge in [-0.1, -0.05) is 5.16 Å². The maximum Gasteiger partial charge on any atom is 0.204 e. The van der Waals surface area contributed by atoms with Gasteiger partial charge in [0, 0.05) is 43.2 Å². The van der Waals surface area contributed by atoms with E-state index >= 15 is 4.39 Å². The lowest BCUT2D eigenvalue weighted by molar-refractivity contribution is -0.00543. The number of anilines is 1. The van der Waals surface area contributed by atoms with Gasteiger partial charge in [0.1, 0.15) is 0 Å². The standard InChI is InChI=1S/C19H23FN2O4/c1-11-8-22(9-12(2)25-11)18-14(10-23)7-15-17(13-3-5-24-6-4-13)21-26-19(15)16(18)20/h7,10-13H,3-6,8-9H2,1-2H3/t11-,12+. The second-order valence-electron chi connectivity index (χ2n) is 7.24. The highest BCUT2D eigenvalue weighted by Gasteiger charge is 2.30. The van der Waals surface area contributed by atoms with Crippen LogP contribution in [-0.2, 0) is 9.47 Å². The highest BCUT2D eigenvalue weighted by atomic mass is 19.1. The van der Waals surface area contributed by atoms with Crippen molar-refractivity contribution >= 4 is 22.9 Å². The Kier molecular flexibility index (Phi) is 4.67. The molecule has 3 heterocycles. The first-order valence-electron chi connectivity index (χ1n) is 9.13. The van der Waals surface area contributed by atoms with Crippen LogP contribution >= 0.6 is 0 Å². The van der Waals surface area contributed by atoms with E-state index in [1.165, 1.54) is 0 Å². The van der Waals surface area contributed by atoms with E-state index in [0.29, 0.717) is 43.5 Å². The normalized spacial score (nSPS) is 25.0. The van der Waals surface area contributed by atoms with Gasteiger partial charge in [-0.15, -0.1) is 0 Å². The highest BCUT2D eigenvalue weighted by molar-refractivity contribution is 5.95. The quantitative estimate of drug-likeness (QED) is 0.781. The largest absolute Gasteiger partial charge is 0.381 e. The SMILES string of the molecule is C[C@@H]1CN(c2c(C=O)cc3c(C4CCOCC4)noc3c2F)C[C@H](C)O1. The van der Waals surface area contributed by atoms with Gasteiger partial charge in [0.2, 0.25) is 5.58 Å². The number of hydrogen-bond acceptors (Lipinski definition) is 6. The molecule has 2 aliphatic heterocycles. The Morgan fingerprint density at radius 3 is 2.58 bits per heavy atom. The van der Waals surface area contributed by atoms with Crippen molar-refractivity contribution in [3.05, 3.63) is 23.1 Å². The molecule has 2 aliphatic rings. The van der Waals surface area contributed by atoms with E-state index in [1.807, 2.05) is 18.7 Å². The molecule has 7 heteroatoms. The first-order valence-corrected chi connectivity index (χ1v) is 9.13. The molecule has 1 aromatic carbocycles. The van der Waals surface area contributed by atoms with E-state index in [2.05, 4.69) is 5.16 Å². The number of nitrogens with zero attached hydrogens (tertiary/aromatic N) is 2. The molecule has 140 valence electrons. The molecule has 2 saturated heterocycles. The smallest absolute Gasteiger partial charge is 0.204 e. The number of aromatic nitrogens is 1. The van der Waals surface area contributed by atoms with Crippen LogP contribution in [0.4, 0.5) is 10.1 Å². The van der Waals surface area contributed by atoms with Crippen LogP contribution in [0, 0.1) is 5.82 Å². The van der Waals surface area contributed by atoms with Gasteiger partial charge >= 0.3 is 0 Å². The van der Waals surface area contributed by atoms with Crippen molar-refractivity contribution in [1.29, 1.82) is 0 Å². The van der Waals surface area contributed by atoms with E-state index in [-0.39, 0.29) is 29.4 Å². The number of carbonyl (C=O) groups is 1. The number of fused-ring (bicyclic) bond motifs is 1. The number of hydrogen-bond donors (Lipinski definition) is 0. The summed E-state index contributed by atoms with van der Waals surface area (Å²) in [6, 6.07) is 1.72. The number of benzene rings is 1. The van der Waals surface area contributed by atoms with Gasteiger partial charge in [0.15, 0.2) is 12.1 Å². The van der Waals surface area contributed by atoms with Gasteiger partial charge in [-0.05, 0) is 32.8 Å². The van der Waals surface area contributed by atoms with Crippen molar-refractivity contribution in [2.24, 2.45) is 0 Å². The zero-order chi connectivity index (χ0) is 18.3. The van der Waals surface area contributed by atoms with Gasteiger partial charge in [-0.3, -0.25) is 4.79 Å². The minimum Gasteiger partial charge on any atom is -0.381 e. The molecule has 0 aliphatic carbocycles. The van der Waals surface area contributed by atoms with Gasteiger partial charge in [0.25, 0.3) is 0 Å². The molecule has 0 spiro atoms. The lowest BCUT2D eigenvalue weighted by atomic mass is 9.93. The van der Waals surface area contributed by atoms with Gasteiger partial charge in [-0.2, -0.15) is 0 Å². The summed E-state index contributed by atoms with van der Waals surface area (Å²) in [4.78, 5) is 13.6. The molecule has 4 rings (SSSR count). The van der Waals surface area contributed by atoms with E-state index in [9.17, 15) is 4.79 Å². The fourth-order valence-corrected chi connectivity index (χ4v) is 4.10. The number of carbonyl (C=O) groups excluding carboxylic acids is 1. The molecule has 0 bridgehead atoms. The van der Waals surface area contributed by atoms with Crippen LogP contribution < -0.4 is 4.90 Å². The highest BCUT2D eigenvalue weighted by Crippen LogP contribution is 2.38. The number of halogens is 1. The van der Waals surface area contributed by atoms with E-state index < -0.39 is 5.82 Å². The summed E-state index contributed by atoms with van der Waals surface area (Å²) in [5, 5.41) is 4.73. The first kappa shape index (κ1) is 17.4. The molecule has 0 amide bonds. The third-order valence-electron chi connectivity index (χ3n) is 5.21. The molecular formula is C19H23FN2O4. The van der Waals surface area contributed by atoms with Crippen LogP contribution in [0.5, 0.6) is 0 Å². The maximum absolute atomic E-state index is 15.3.